The van der Waals surface area contributed by atoms with Crippen LogP contribution >= 0.6 is 0 Å². The topological polar surface area (TPSA) is 71.5 Å². The molecule has 0 spiro atoms. The molecule has 33 heavy (non-hydrogen) atoms. The molecule has 1 aliphatic rings. The first-order valence-electron chi connectivity index (χ1n) is 11.1. The average molecular weight is 450 g/mol. The maximum atomic E-state index is 13.4. The first kappa shape index (κ1) is 22.9. The van der Waals surface area contributed by atoms with Crippen molar-refractivity contribution < 1.29 is 18.7 Å². The van der Waals surface area contributed by atoms with Gasteiger partial charge in [-0.3, -0.25) is 14.6 Å². The van der Waals surface area contributed by atoms with Gasteiger partial charge in [-0.25, -0.2) is 4.39 Å². The number of hydrogen-bond donors (Lipinski definition) is 1. The van der Waals surface area contributed by atoms with E-state index in [2.05, 4.69) is 22.4 Å². The number of halogens is 1. The Kier molecular flexibility index (Phi) is 6.70. The monoisotopic (exact) mass is 449 g/mol. The maximum Gasteiger partial charge on any atom is 0.252 e. The fraction of sp³-hybridized carbons (Fsp3) is 0.346. The molecule has 3 aromatic rings. The van der Waals surface area contributed by atoms with Gasteiger partial charge in [0.15, 0.2) is 0 Å². The van der Waals surface area contributed by atoms with Gasteiger partial charge in [-0.1, -0.05) is 18.2 Å². The van der Waals surface area contributed by atoms with Crippen molar-refractivity contribution in [2.75, 3.05) is 26.3 Å². The molecule has 4 rings (SSSR count). The lowest BCUT2D eigenvalue weighted by Gasteiger charge is -2.33. The summed E-state index contributed by atoms with van der Waals surface area (Å²) in [6.07, 6.45) is 4.41. The van der Waals surface area contributed by atoms with Gasteiger partial charge in [0.25, 0.3) is 5.91 Å². The minimum Gasteiger partial charge on any atom is -0.379 e. The summed E-state index contributed by atoms with van der Waals surface area (Å²) in [4.78, 5) is 32.0. The molecular formula is C26H28FN3O3. The third-order valence-electron chi connectivity index (χ3n) is 5.97. The molecule has 1 atom stereocenters. The van der Waals surface area contributed by atoms with Crippen molar-refractivity contribution in [3.8, 4) is 0 Å². The van der Waals surface area contributed by atoms with E-state index in [0.29, 0.717) is 31.9 Å². The first-order chi connectivity index (χ1) is 15.8. The van der Waals surface area contributed by atoms with Crippen molar-refractivity contribution in [1.82, 2.24) is 15.2 Å². The zero-order valence-electron chi connectivity index (χ0n) is 18.9. The van der Waals surface area contributed by atoms with Crippen LogP contribution in [0.5, 0.6) is 0 Å². The van der Waals surface area contributed by atoms with Crippen LogP contribution in [-0.2, 0) is 16.0 Å². The Labute approximate surface area is 192 Å². The second-order valence-corrected chi connectivity index (χ2v) is 9.00. The minimum atomic E-state index is -1.12. The molecule has 1 fully saturated rings. The number of nitrogens with zero attached hydrogens (tertiary/aromatic N) is 2. The smallest absolute Gasteiger partial charge is 0.252 e. The second-order valence-electron chi connectivity index (χ2n) is 9.00. The maximum absolute atomic E-state index is 13.4. The van der Waals surface area contributed by atoms with E-state index in [-0.39, 0.29) is 11.8 Å². The number of hydrogen-bond acceptors (Lipinski definition) is 4. The van der Waals surface area contributed by atoms with Crippen LogP contribution in [0, 0.1) is 11.7 Å². The summed E-state index contributed by atoms with van der Waals surface area (Å²) in [6.45, 7) is 5.37. The van der Waals surface area contributed by atoms with Crippen molar-refractivity contribution in [3.05, 3.63) is 77.9 Å². The van der Waals surface area contributed by atoms with Crippen LogP contribution in [-0.4, -0.2) is 53.5 Å². The number of aromatic nitrogens is 1. The van der Waals surface area contributed by atoms with E-state index in [1.165, 1.54) is 29.8 Å². The largest absolute Gasteiger partial charge is 0.379 e. The normalized spacial score (nSPS) is 16.9. The van der Waals surface area contributed by atoms with E-state index >= 15 is 0 Å². The van der Waals surface area contributed by atoms with E-state index in [1.807, 2.05) is 18.3 Å². The number of fused-ring (bicyclic) bond motifs is 1. The Morgan fingerprint density at radius 1 is 1.18 bits per heavy atom. The lowest BCUT2D eigenvalue weighted by molar-refractivity contribution is -0.137. The molecule has 2 amide bonds. The number of nitrogens with one attached hydrogen (secondary N) is 1. The molecule has 0 saturated carbocycles. The third-order valence-corrected chi connectivity index (χ3v) is 5.97. The summed E-state index contributed by atoms with van der Waals surface area (Å²) in [7, 11) is 0. The Hall–Kier alpha value is -3.32. The molecule has 1 unspecified atom stereocenters. The molecule has 1 aromatic heterocycles. The number of carbonyl (C=O) groups is 2. The van der Waals surface area contributed by atoms with Crippen LogP contribution in [0.2, 0.25) is 0 Å². The second kappa shape index (κ2) is 9.67. The third kappa shape index (κ3) is 5.37. The van der Waals surface area contributed by atoms with Gasteiger partial charge in [-0.15, -0.1) is 0 Å². The fourth-order valence-electron chi connectivity index (χ4n) is 4.26. The van der Waals surface area contributed by atoms with Gasteiger partial charge in [0.1, 0.15) is 11.4 Å². The highest BCUT2D eigenvalue weighted by molar-refractivity contribution is 5.99. The highest BCUT2D eigenvalue weighted by Crippen LogP contribution is 2.23. The molecule has 7 heteroatoms. The van der Waals surface area contributed by atoms with Gasteiger partial charge in [0.2, 0.25) is 5.91 Å². The van der Waals surface area contributed by atoms with E-state index in [0.717, 1.165) is 17.2 Å². The molecule has 1 N–H and O–H groups in total. The highest BCUT2D eigenvalue weighted by Gasteiger charge is 2.35. The van der Waals surface area contributed by atoms with Crippen LogP contribution in [0.1, 0.15) is 29.8 Å². The summed E-state index contributed by atoms with van der Waals surface area (Å²) < 4.78 is 19.0. The minimum absolute atomic E-state index is 0.117. The van der Waals surface area contributed by atoms with E-state index in [9.17, 15) is 14.0 Å². The molecule has 0 radical (unpaired) electrons. The van der Waals surface area contributed by atoms with Crippen LogP contribution in [0.15, 0.2) is 60.9 Å². The van der Waals surface area contributed by atoms with Crippen molar-refractivity contribution in [3.63, 3.8) is 0 Å². The lowest BCUT2D eigenvalue weighted by atomic mass is 9.95. The van der Waals surface area contributed by atoms with Gasteiger partial charge >= 0.3 is 0 Å². The van der Waals surface area contributed by atoms with Crippen molar-refractivity contribution in [2.24, 2.45) is 5.92 Å². The van der Waals surface area contributed by atoms with Gasteiger partial charge in [-0.2, -0.15) is 0 Å². The lowest BCUT2D eigenvalue weighted by Crippen LogP contribution is -2.56. The van der Waals surface area contributed by atoms with Gasteiger partial charge in [0, 0.05) is 42.4 Å². The number of pyridine rings is 1. The summed E-state index contributed by atoms with van der Waals surface area (Å²) in [5, 5.41) is 5.04. The van der Waals surface area contributed by atoms with Crippen molar-refractivity contribution >= 4 is 22.6 Å². The molecule has 6 nitrogen and oxygen atoms in total. The molecule has 0 aliphatic carbocycles. The molecule has 2 heterocycles. The van der Waals surface area contributed by atoms with Crippen LogP contribution in [0.4, 0.5) is 4.39 Å². The van der Waals surface area contributed by atoms with E-state index in [4.69, 9.17) is 4.74 Å². The van der Waals surface area contributed by atoms with E-state index < -0.39 is 17.3 Å². The zero-order valence-corrected chi connectivity index (χ0v) is 18.9. The summed E-state index contributed by atoms with van der Waals surface area (Å²) in [5.74, 6) is -0.891. The highest BCUT2D eigenvalue weighted by atomic mass is 19.1. The Balaban J connectivity index is 1.46. The predicted molar refractivity (Wildman–Crippen MR) is 124 cm³/mol. The zero-order chi connectivity index (χ0) is 23.4. The molecule has 1 saturated heterocycles. The molecule has 2 aromatic carbocycles. The van der Waals surface area contributed by atoms with Gasteiger partial charge in [-0.05, 0) is 61.5 Å². The summed E-state index contributed by atoms with van der Waals surface area (Å²) in [6, 6.07) is 13.4. The van der Waals surface area contributed by atoms with Crippen molar-refractivity contribution in [2.45, 2.75) is 25.8 Å². The van der Waals surface area contributed by atoms with E-state index in [1.54, 1.807) is 24.9 Å². The van der Waals surface area contributed by atoms with Crippen LogP contribution in [0.25, 0.3) is 10.8 Å². The quantitative estimate of drug-likeness (QED) is 0.646. The number of rotatable bonds is 5. The number of benzene rings is 2. The summed E-state index contributed by atoms with van der Waals surface area (Å²) in [5.41, 5.74) is 0.357. The standard InChI is InChI=1S/C26H28FN3O3/c1-26(2,29-24(31)20-6-8-22(27)9-7-20)25(32)30-12-13-33-17-18(16-30)14-21-5-3-4-19-10-11-28-15-23(19)21/h3-11,15,18H,12-14,16-17H2,1-2H3,(H,29,31). The number of amides is 2. The average Bonchev–Trinajstić information content (AvgIpc) is 3.04. The Morgan fingerprint density at radius 3 is 2.76 bits per heavy atom. The molecule has 0 bridgehead atoms. The molecule has 1 aliphatic heterocycles. The fourth-order valence-corrected chi connectivity index (χ4v) is 4.26. The predicted octanol–water partition coefficient (Wildman–Crippen LogP) is 3.60. The Morgan fingerprint density at radius 2 is 1.97 bits per heavy atom. The Bertz CT molecular complexity index is 1140. The van der Waals surface area contributed by atoms with Crippen LogP contribution in [0.3, 0.4) is 0 Å². The molecule has 172 valence electrons. The van der Waals surface area contributed by atoms with Gasteiger partial charge in [0.05, 0.1) is 13.2 Å². The number of ether oxygens (including phenoxy) is 1. The van der Waals surface area contributed by atoms with Crippen LogP contribution < -0.4 is 5.32 Å². The molecular weight excluding hydrogens is 421 g/mol. The SMILES string of the molecule is CC(C)(NC(=O)c1ccc(F)cc1)C(=O)N1CCOCC(Cc2cccc3ccncc23)C1. The van der Waals surface area contributed by atoms with Gasteiger partial charge < -0.3 is 15.0 Å². The van der Waals surface area contributed by atoms with Crippen molar-refractivity contribution in [1.29, 1.82) is 0 Å². The summed E-state index contributed by atoms with van der Waals surface area (Å²) >= 11 is 0. The first-order valence-corrected chi connectivity index (χ1v) is 11.1. The number of carbonyl (C=O) groups excluding carboxylic acids is 2.